The lowest BCUT2D eigenvalue weighted by Gasteiger charge is -2.16. The lowest BCUT2D eigenvalue weighted by Crippen LogP contribution is -2.29. The fraction of sp³-hybridized carbons (Fsp3) is 0.500. The van der Waals surface area contributed by atoms with Crippen molar-refractivity contribution in [1.29, 1.82) is 0 Å². The van der Waals surface area contributed by atoms with Crippen LogP contribution in [0.5, 0.6) is 0 Å². The maximum atomic E-state index is 12.3. The molecule has 0 radical (unpaired) electrons. The lowest BCUT2D eigenvalue weighted by atomic mass is 10.00. The Bertz CT molecular complexity index is 817. The average molecular weight is 456 g/mol. The summed E-state index contributed by atoms with van der Waals surface area (Å²) in [5.41, 5.74) is 11.4. The van der Waals surface area contributed by atoms with Crippen LogP contribution in [-0.4, -0.2) is 50.1 Å². The first kappa shape index (κ1) is 28.1. The topological polar surface area (TPSA) is 99.8 Å². The highest BCUT2D eigenvalue weighted by Gasteiger charge is 2.09. The van der Waals surface area contributed by atoms with Crippen molar-refractivity contribution >= 4 is 24.2 Å². The fourth-order valence-corrected chi connectivity index (χ4v) is 3.49. The number of carbonyl (C=O) groups excluding carboxylic acids is 2. The summed E-state index contributed by atoms with van der Waals surface area (Å²) in [5, 5.41) is 6.70. The Balaban J connectivity index is 2.59. The highest BCUT2D eigenvalue weighted by atomic mass is 16.1. The monoisotopic (exact) mass is 455 g/mol. The average Bonchev–Trinajstić information content (AvgIpc) is 2.78. The number of rotatable bonds is 17. The van der Waals surface area contributed by atoms with E-state index in [0.717, 1.165) is 29.9 Å². The second kappa shape index (κ2) is 16.7. The van der Waals surface area contributed by atoms with Gasteiger partial charge in [0.05, 0.1) is 5.69 Å². The van der Waals surface area contributed by atoms with E-state index in [1.54, 1.807) is 18.2 Å². The van der Waals surface area contributed by atoms with Gasteiger partial charge >= 0.3 is 0 Å². The van der Waals surface area contributed by atoms with Crippen molar-refractivity contribution < 1.29 is 9.59 Å². The van der Waals surface area contributed by atoms with Crippen LogP contribution in [0.15, 0.2) is 47.1 Å². The van der Waals surface area contributed by atoms with E-state index in [-0.39, 0.29) is 5.91 Å². The van der Waals surface area contributed by atoms with Crippen molar-refractivity contribution in [2.24, 2.45) is 10.8 Å². The molecule has 0 spiro atoms. The molecule has 0 saturated carbocycles. The molecule has 0 heterocycles. The van der Waals surface area contributed by atoms with Crippen LogP contribution in [0.1, 0.15) is 68.3 Å². The number of benzene rings is 1. The number of nitrogens with zero attached hydrogens (tertiary/aromatic N) is 2. The number of nitrogens with two attached hydrogens (primary N) is 1. The number of carbonyl (C=O) groups is 2. The fourth-order valence-electron chi connectivity index (χ4n) is 3.49. The van der Waals surface area contributed by atoms with E-state index < -0.39 is 5.91 Å². The Morgan fingerprint density at radius 1 is 1.18 bits per heavy atom. The molecule has 1 aromatic carbocycles. The zero-order valence-electron chi connectivity index (χ0n) is 20.5. The first-order chi connectivity index (χ1) is 15.9. The summed E-state index contributed by atoms with van der Waals surface area (Å²) in [4.78, 5) is 26.1. The summed E-state index contributed by atoms with van der Waals surface area (Å²) in [6.45, 7) is 9.85. The van der Waals surface area contributed by atoms with Crippen LogP contribution < -0.4 is 16.5 Å². The molecule has 4 N–H and O–H groups in total. The maximum Gasteiger partial charge on any atom is 0.248 e. The maximum absolute atomic E-state index is 12.3. The first-order valence-electron chi connectivity index (χ1n) is 11.8. The molecule has 0 atom stereocenters. The molecule has 33 heavy (non-hydrogen) atoms. The minimum atomic E-state index is -0.482. The molecule has 7 heteroatoms. The molecule has 1 aromatic rings. The van der Waals surface area contributed by atoms with Crippen molar-refractivity contribution in [2.75, 3.05) is 32.1 Å². The highest BCUT2D eigenvalue weighted by Crippen LogP contribution is 2.21. The molecule has 0 aromatic heterocycles. The SMILES string of the molecule is C=NNc1ccc(C(N)=O)cc1CC(/C=C\C)=C/CNC(=O)CCN(C)CCCCCCC. The second-order valence-corrected chi connectivity index (χ2v) is 8.23. The van der Waals surface area contributed by atoms with Crippen molar-refractivity contribution in [1.82, 2.24) is 10.2 Å². The number of allylic oxidation sites excluding steroid dienone is 3. The summed E-state index contributed by atoms with van der Waals surface area (Å²) in [7, 11) is 2.07. The highest BCUT2D eigenvalue weighted by molar-refractivity contribution is 5.93. The smallest absolute Gasteiger partial charge is 0.248 e. The molecule has 0 aliphatic rings. The molecule has 0 bridgehead atoms. The molecular formula is C26H41N5O2. The third-order valence-corrected chi connectivity index (χ3v) is 5.39. The van der Waals surface area contributed by atoms with Crippen LogP contribution in [0.4, 0.5) is 5.69 Å². The van der Waals surface area contributed by atoms with E-state index in [4.69, 9.17) is 5.73 Å². The normalized spacial score (nSPS) is 11.7. The summed E-state index contributed by atoms with van der Waals surface area (Å²) < 4.78 is 0. The van der Waals surface area contributed by atoms with Crippen LogP contribution in [0.3, 0.4) is 0 Å². The van der Waals surface area contributed by atoms with Crippen LogP contribution >= 0.6 is 0 Å². The van der Waals surface area contributed by atoms with Gasteiger partial charge in [-0.15, -0.1) is 0 Å². The predicted octanol–water partition coefficient (Wildman–Crippen LogP) is 4.27. The van der Waals surface area contributed by atoms with Gasteiger partial charge in [-0.25, -0.2) is 0 Å². The number of hydrazone groups is 1. The van der Waals surface area contributed by atoms with Gasteiger partial charge < -0.3 is 16.0 Å². The van der Waals surface area contributed by atoms with Crippen LogP contribution in [0.25, 0.3) is 0 Å². The van der Waals surface area contributed by atoms with Crippen LogP contribution in [-0.2, 0) is 11.2 Å². The van der Waals surface area contributed by atoms with Gasteiger partial charge in [-0.2, -0.15) is 5.10 Å². The first-order valence-corrected chi connectivity index (χ1v) is 11.8. The summed E-state index contributed by atoms with van der Waals surface area (Å²) in [5.74, 6) is -0.443. The van der Waals surface area contributed by atoms with E-state index in [0.29, 0.717) is 24.9 Å². The largest absolute Gasteiger partial charge is 0.366 e. The molecule has 0 unspecified atom stereocenters. The Morgan fingerprint density at radius 3 is 2.61 bits per heavy atom. The molecule has 182 valence electrons. The van der Waals surface area contributed by atoms with Gasteiger partial charge in [0.25, 0.3) is 0 Å². The van der Waals surface area contributed by atoms with Gasteiger partial charge in [-0.3, -0.25) is 15.0 Å². The minimum absolute atomic E-state index is 0.0397. The zero-order valence-corrected chi connectivity index (χ0v) is 20.5. The second-order valence-electron chi connectivity index (χ2n) is 8.23. The van der Waals surface area contributed by atoms with Gasteiger partial charge in [-0.1, -0.05) is 50.8 Å². The number of hydrogen-bond acceptors (Lipinski definition) is 5. The van der Waals surface area contributed by atoms with Gasteiger partial charge in [0, 0.05) is 31.8 Å². The van der Waals surface area contributed by atoms with Crippen molar-refractivity contribution in [3.05, 3.63) is 53.1 Å². The van der Waals surface area contributed by atoms with Crippen molar-refractivity contribution in [3.63, 3.8) is 0 Å². The summed E-state index contributed by atoms with van der Waals surface area (Å²) in [6, 6.07) is 5.17. The summed E-state index contributed by atoms with van der Waals surface area (Å²) >= 11 is 0. The Kier molecular flexibility index (Phi) is 14.2. The summed E-state index contributed by atoms with van der Waals surface area (Å²) in [6.07, 6.45) is 13.2. The number of unbranched alkanes of at least 4 members (excludes halogenated alkanes) is 4. The quantitative estimate of drug-likeness (QED) is 0.141. The van der Waals surface area contributed by atoms with Crippen LogP contribution in [0, 0.1) is 0 Å². The van der Waals surface area contributed by atoms with E-state index in [1.807, 2.05) is 25.2 Å². The van der Waals surface area contributed by atoms with Crippen molar-refractivity contribution in [3.8, 4) is 0 Å². The van der Waals surface area contributed by atoms with E-state index in [2.05, 4.69) is 41.4 Å². The Hall–Kier alpha value is -2.93. The number of anilines is 1. The standard InChI is InChI=1S/C26H41N5O2/c1-5-7-8-9-10-17-31(4)18-15-25(32)29-16-14-21(11-6-2)19-23-20-22(26(27)33)12-13-24(23)30-28-3/h6,11-14,20,30H,3,5,7-10,15-19H2,1-2,4H3,(H2,27,33)(H,29,32)/b11-6-,21-14+. The molecular weight excluding hydrogens is 414 g/mol. The molecule has 0 saturated heterocycles. The number of amides is 2. The predicted molar refractivity (Wildman–Crippen MR) is 139 cm³/mol. The molecule has 0 fully saturated rings. The molecule has 0 aliphatic heterocycles. The number of nitrogens with one attached hydrogen (secondary N) is 2. The molecule has 7 nitrogen and oxygen atoms in total. The van der Waals surface area contributed by atoms with Crippen LogP contribution in [0.2, 0.25) is 0 Å². The van der Waals surface area contributed by atoms with Gasteiger partial charge in [-0.05, 0) is 62.7 Å². The van der Waals surface area contributed by atoms with E-state index >= 15 is 0 Å². The molecule has 2 amide bonds. The third kappa shape index (κ3) is 12.0. The number of hydrogen-bond donors (Lipinski definition) is 3. The molecule has 1 rings (SSSR count). The minimum Gasteiger partial charge on any atom is -0.366 e. The Labute approximate surface area is 199 Å². The van der Waals surface area contributed by atoms with Gasteiger partial charge in [0.15, 0.2) is 0 Å². The Morgan fingerprint density at radius 2 is 1.94 bits per heavy atom. The van der Waals surface area contributed by atoms with E-state index in [9.17, 15) is 9.59 Å². The zero-order chi connectivity index (χ0) is 24.5. The van der Waals surface area contributed by atoms with Gasteiger partial charge in [0.2, 0.25) is 11.8 Å². The lowest BCUT2D eigenvalue weighted by molar-refractivity contribution is -0.121. The van der Waals surface area contributed by atoms with Gasteiger partial charge in [0.1, 0.15) is 0 Å². The molecule has 0 aliphatic carbocycles. The number of primary amides is 1. The van der Waals surface area contributed by atoms with Crippen molar-refractivity contribution in [2.45, 2.75) is 58.8 Å². The van der Waals surface area contributed by atoms with E-state index in [1.165, 1.54) is 32.1 Å². The third-order valence-electron chi connectivity index (χ3n) is 5.39.